The molecule has 16 heavy (non-hydrogen) atoms. The van der Waals surface area contributed by atoms with Gasteiger partial charge in [-0.15, -0.1) is 0 Å². The first kappa shape index (κ1) is 20.7. The molecule has 0 saturated heterocycles. The summed E-state index contributed by atoms with van der Waals surface area (Å²) in [6, 6.07) is 0. The summed E-state index contributed by atoms with van der Waals surface area (Å²) in [5.74, 6) is 0. The van der Waals surface area contributed by atoms with Gasteiger partial charge < -0.3 is 9.47 Å². The number of carbonyl (C=O) groups is 1. The minimum atomic E-state index is -0.0370. The third kappa shape index (κ3) is 37.7. The van der Waals surface area contributed by atoms with Gasteiger partial charge in [-0.1, -0.05) is 33.3 Å². The molecule has 0 N–H and O–H groups in total. The van der Waals surface area contributed by atoms with Gasteiger partial charge in [-0.05, 0) is 26.8 Å². The van der Waals surface area contributed by atoms with E-state index in [1.165, 1.54) is 18.9 Å². The number of allylic oxidation sites excluding steroid dienone is 1. The smallest absolute Gasteiger partial charge is 0.154 e. The lowest BCUT2D eigenvalue weighted by Crippen LogP contribution is -2.11. The van der Waals surface area contributed by atoms with E-state index in [0.29, 0.717) is 6.29 Å². The van der Waals surface area contributed by atoms with Crippen LogP contribution in [0, 0.1) is 0 Å². The van der Waals surface area contributed by atoms with Crippen molar-refractivity contribution in [1.29, 1.82) is 0 Å². The highest BCUT2D eigenvalue weighted by Crippen LogP contribution is 1.90. The van der Waals surface area contributed by atoms with Crippen molar-refractivity contribution in [3.05, 3.63) is 12.7 Å². The summed E-state index contributed by atoms with van der Waals surface area (Å²) >= 11 is 0. The van der Waals surface area contributed by atoms with Gasteiger partial charge in [0, 0.05) is 13.2 Å². The van der Waals surface area contributed by atoms with Crippen LogP contribution in [0.5, 0.6) is 0 Å². The molecule has 0 aromatic heterocycles. The third-order valence-corrected chi connectivity index (χ3v) is 1.40. The molecule has 98 valence electrons. The topological polar surface area (TPSA) is 35.5 Å². The lowest BCUT2D eigenvalue weighted by atomic mass is 10.4. The maximum absolute atomic E-state index is 9.06. The maximum atomic E-state index is 9.06. The number of rotatable bonds is 6. The van der Waals surface area contributed by atoms with Gasteiger partial charge in [0.1, 0.15) is 6.29 Å². The molecular formula is C13H28O3. The Hall–Kier alpha value is -0.670. The fourth-order valence-corrected chi connectivity index (χ4v) is 0.518. The van der Waals surface area contributed by atoms with Crippen LogP contribution < -0.4 is 0 Å². The average molecular weight is 232 g/mol. The van der Waals surface area contributed by atoms with E-state index < -0.39 is 0 Å². The van der Waals surface area contributed by atoms with E-state index in [9.17, 15) is 0 Å². The van der Waals surface area contributed by atoms with Gasteiger partial charge in [0.05, 0.1) is 0 Å². The summed E-state index contributed by atoms with van der Waals surface area (Å²) in [4.78, 5) is 9.06. The van der Waals surface area contributed by atoms with Crippen LogP contribution in [-0.4, -0.2) is 25.8 Å². The third-order valence-electron chi connectivity index (χ3n) is 1.40. The van der Waals surface area contributed by atoms with Crippen LogP contribution in [0.2, 0.25) is 0 Å². The van der Waals surface area contributed by atoms with Gasteiger partial charge in [0.2, 0.25) is 0 Å². The predicted octanol–water partition coefficient (Wildman–Crippen LogP) is 3.58. The van der Waals surface area contributed by atoms with Crippen LogP contribution >= 0.6 is 0 Å². The molecule has 0 aromatic rings. The van der Waals surface area contributed by atoms with Crippen molar-refractivity contribution in [1.82, 2.24) is 0 Å². The highest BCUT2D eigenvalue weighted by atomic mass is 16.7. The van der Waals surface area contributed by atoms with Crippen LogP contribution in [0.3, 0.4) is 0 Å². The van der Waals surface area contributed by atoms with Crippen LogP contribution in [0.4, 0.5) is 0 Å². The number of hydrogen-bond donors (Lipinski definition) is 0. The first-order valence-electron chi connectivity index (χ1n) is 5.93. The molecule has 0 aliphatic carbocycles. The number of ether oxygens (including phenoxy) is 2. The van der Waals surface area contributed by atoms with Crippen molar-refractivity contribution in [2.45, 2.75) is 53.8 Å². The Labute approximate surface area is 101 Å². The molecule has 0 rings (SSSR count). The van der Waals surface area contributed by atoms with Crippen molar-refractivity contribution >= 4 is 6.29 Å². The molecule has 0 fully saturated rings. The number of carbonyl (C=O) groups excluding carboxylic acids is 1. The number of hydrogen-bond acceptors (Lipinski definition) is 3. The Kier molecular flexibility index (Phi) is 30.9. The summed E-state index contributed by atoms with van der Waals surface area (Å²) < 4.78 is 10.1. The van der Waals surface area contributed by atoms with Crippen LogP contribution in [0.15, 0.2) is 12.7 Å². The van der Waals surface area contributed by atoms with Crippen molar-refractivity contribution in [3.63, 3.8) is 0 Å². The molecule has 0 amide bonds. The zero-order valence-corrected chi connectivity index (χ0v) is 11.5. The minimum absolute atomic E-state index is 0.0370. The average Bonchev–Trinajstić information content (AvgIpc) is 2.30. The standard InChI is InChI=1S/C6H14O2.C4H10.C3H4O/c1-4-7-6(3)8-5-2;1-3-4-2;1-2-3-4/h6H,4-5H2,1-3H3;3-4H2,1-2H3;2-3H,1H2. The molecule has 0 heterocycles. The van der Waals surface area contributed by atoms with E-state index in [1.54, 1.807) is 0 Å². The van der Waals surface area contributed by atoms with Gasteiger partial charge in [-0.2, -0.15) is 0 Å². The van der Waals surface area contributed by atoms with E-state index in [0.717, 1.165) is 13.2 Å². The Balaban J connectivity index is -0.000000179. The van der Waals surface area contributed by atoms with Crippen molar-refractivity contribution in [2.75, 3.05) is 13.2 Å². The lowest BCUT2D eigenvalue weighted by molar-refractivity contribution is -0.123. The van der Waals surface area contributed by atoms with Gasteiger partial charge in [0.15, 0.2) is 6.29 Å². The normalized spacial score (nSPS) is 8.38. The fourth-order valence-electron chi connectivity index (χ4n) is 0.518. The predicted molar refractivity (Wildman–Crippen MR) is 69.6 cm³/mol. The molecule has 3 heteroatoms. The van der Waals surface area contributed by atoms with Gasteiger partial charge in [0.25, 0.3) is 0 Å². The first-order chi connectivity index (χ1) is 7.64. The van der Waals surface area contributed by atoms with E-state index in [4.69, 9.17) is 14.3 Å². The molecule has 0 aromatic carbocycles. The summed E-state index contributed by atoms with van der Waals surface area (Å²) in [5, 5.41) is 0. The van der Waals surface area contributed by atoms with E-state index >= 15 is 0 Å². The summed E-state index contributed by atoms with van der Waals surface area (Å²) in [7, 11) is 0. The van der Waals surface area contributed by atoms with Gasteiger partial charge in [-0.25, -0.2) is 0 Å². The highest BCUT2D eigenvalue weighted by Gasteiger charge is 1.94. The summed E-state index contributed by atoms with van der Waals surface area (Å²) in [6.07, 6.45) is 4.44. The molecule has 0 atom stereocenters. The Bertz CT molecular complexity index is 110. The molecule has 0 aliphatic heterocycles. The lowest BCUT2D eigenvalue weighted by Gasteiger charge is -2.09. The second-order valence-electron chi connectivity index (χ2n) is 2.85. The summed E-state index contributed by atoms with van der Waals surface area (Å²) in [6.45, 7) is 14.7. The first-order valence-corrected chi connectivity index (χ1v) is 5.93. The largest absolute Gasteiger partial charge is 0.353 e. The molecule has 0 aliphatic rings. The second kappa shape index (κ2) is 23.9. The monoisotopic (exact) mass is 232 g/mol. The maximum Gasteiger partial charge on any atom is 0.154 e. The Morgan fingerprint density at radius 2 is 1.38 bits per heavy atom. The second-order valence-corrected chi connectivity index (χ2v) is 2.85. The van der Waals surface area contributed by atoms with Crippen LogP contribution in [0.1, 0.15) is 47.5 Å². The number of aldehydes is 1. The Morgan fingerprint density at radius 3 is 1.50 bits per heavy atom. The van der Waals surface area contributed by atoms with Crippen LogP contribution in [-0.2, 0) is 14.3 Å². The zero-order valence-electron chi connectivity index (χ0n) is 11.5. The van der Waals surface area contributed by atoms with E-state index in [-0.39, 0.29) is 6.29 Å². The Morgan fingerprint density at radius 1 is 1.06 bits per heavy atom. The van der Waals surface area contributed by atoms with Crippen LogP contribution in [0.25, 0.3) is 0 Å². The van der Waals surface area contributed by atoms with Crippen molar-refractivity contribution < 1.29 is 14.3 Å². The van der Waals surface area contributed by atoms with E-state index in [1.807, 2.05) is 20.8 Å². The summed E-state index contributed by atoms with van der Waals surface area (Å²) in [5.41, 5.74) is 0. The highest BCUT2D eigenvalue weighted by molar-refractivity contribution is 5.63. The van der Waals surface area contributed by atoms with Gasteiger partial charge in [-0.3, -0.25) is 4.79 Å². The van der Waals surface area contributed by atoms with Gasteiger partial charge >= 0.3 is 0 Å². The quantitative estimate of drug-likeness (QED) is 0.399. The molecule has 0 spiro atoms. The SMILES string of the molecule is C=CC=O.CCCC.CCOC(C)OCC. The van der Waals surface area contributed by atoms with Crippen molar-refractivity contribution in [2.24, 2.45) is 0 Å². The van der Waals surface area contributed by atoms with Crippen molar-refractivity contribution in [3.8, 4) is 0 Å². The van der Waals surface area contributed by atoms with E-state index in [2.05, 4.69) is 20.4 Å². The number of unbranched alkanes of at least 4 members (excludes halogenated alkanes) is 1. The minimum Gasteiger partial charge on any atom is -0.353 e. The zero-order chi connectivity index (χ0) is 13.2. The fraction of sp³-hybridized carbons (Fsp3) is 0.769. The molecule has 0 unspecified atom stereocenters. The molecule has 0 radical (unpaired) electrons. The molecule has 0 saturated carbocycles. The molecule has 3 nitrogen and oxygen atoms in total. The molecule has 0 bridgehead atoms. The molecular weight excluding hydrogens is 204 g/mol.